The van der Waals surface area contributed by atoms with Crippen molar-refractivity contribution >= 4 is 0 Å². The van der Waals surface area contributed by atoms with Crippen LogP contribution in [-0.2, 0) is 13.1 Å². The molecule has 0 saturated heterocycles. The molecule has 2 aromatic heterocycles. The third kappa shape index (κ3) is 2.66. The van der Waals surface area contributed by atoms with Gasteiger partial charge in [0.2, 0.25) is 0 Å². The number of hydrogen-bond donors (Lipinski definition) is 1. The van der Waals surface area contributed by atoms with E-state index in [0.717, 1.165) is 17.9 Å². The summed E-state index contributed by atoms with van der Waals surface area (Å²) in [6.45, 7) is 5.55. The average molecular weight is 221 g/mol. The lowest BCUT2D eigenvalue weighted by atomic mass is 10.3. The molecular weight excluding hydrogens is 206 g/mol. The Kier molecular flexibility index (Phi) is 3.31. The lowest BCUT2D eigenvalue weighted by Gasteiger charge is -2.13. The minimum atomic E-state index is 0.338. The topological polar surface area (TPSA) is 68.8 Å². The Hall–Kier alpha value is -1.69. The lowest BCUT2D eigenvalue weighted by Crippen LogP contribution is -2.29. The van der Waals surface area contributed by atoms with Gasteiger partial charge in [0.15, 0.2) is 0 Å². The van der Waals surface area contributed by atoms with Crippen LogP contribution in [0.1, 0.15) is 18.3 Å². The number of aromatic nitrogens is 4. The maximum Gasteiger partial charge on any atom is 0.121 e. The van der Waals surface area contributed by atoms with E-state index >= 15 is 0 Å². The van der Waals surface area contributed by atoms with Gasteiger partial charge >= 0.3 is 0 Å². The molecule has 0 bridgehead atoms. The minimum absolute atomic E-state index is 0.338. The van der Waals surface area contributed by atoms with Crippen molar-refractivity contribution in [3.8, 4) is 0 Å². The SMILES string of the molecule is Cc1nonc1CNC(C)Cn1ccnc1. The van der Waals surface area contributed by atoms with E-state index in [1.165, 1.54) is 0 Å². The first-order valence-electron chi connectivity index (χ1n) is 5.23. The van der Waals surface area contributed by atoms with Crippen molar-refractivity contribution in [3.63, 3.8) is 0 Å². The van der Waals surface area contributed by atoms with Crippen LogP contribution in [0.5, 0.6) is 0 Å². The van der Waals surface area contributed by atoms with Gasteiger partial charge in [-0.05, 0) is 13.8 Å². The van der Waals surface area contributed by atoms with E-state index in [9.17, 15) is 0 Å². The quantitative estimate of drug-likeness (QED) is 0.807. The van der Waals surface area contributed by atoms with Crippen molar-refractivity contribution in [1.29, 1.82) is 0 Å². The summed E-state index contributed by atoms with van der Waals surface area (Å²) in [4.78, 5) is 4.00. The predicted octanol–water partition coefficient (Wildman–Crippen LogP) is 0.753. The number of hydrogen-bond acceptors (Lipinski definition) is 5. The molecule has 0 saturated carbocycles. The van der Waals surface area contributed by atoms with Gasteiger partial charge in [0, 0.05) is 31.5 Å². The zero-order valence-electron chi connectivity index (χ0n) is 9.42. The third-order valence-electron chi connectivity index (χ3n) is 2.41. The molecule has 1 N–H and O–H groups in total. The number of aryl methyl sites for hydroxylation is 1. The fourth-order valence-corrected chi connectivity index (χ4v) is 1.46. The van der Waals surface area contributed by atoms with Gasteiger partial charge in [-0.15, -0.1) is 0 Å². The van der Waals surface area contributed by atoms with Crippen LogP contribution in [0.2, 0.25) is 0 Å². The van der Waals surface area contributed by atoms with Gasteiger partial charge in [0.25, 0.3) is 0 Å². The highest BCUT2D eigenvalue weighted by Gasteiger charge is 2.07. The largest absolute Gasteiger partial charge is 0.336 e. The Morgan fingerprint density at radius 1 is 1.50 bits per heavy atom. The summed E-state index contributed by atoms with van der Waals surface area (Å²) < 4.78 is 6.66. The zero-order chi connectivity index (χ0) is 11.4. The summed E-state index contributed by atoms with van der Waals surface area (Å²) in [5.74, 6) is 0. The molecule has 0 amide bonds. The fraction of sp³-hybridized carbons (Fsp3) is 0.500. The molecule has 0 aliphatic carbocycles. The molecule has 16 heavy (non-hydrogen) atoms. The molecule has 0 aliphatic rings. The highest BCUT2D eigenvalue weighted by Crippen LogP contribution is 2.00. The summed E-state index contributed by atoms with van der Waals surface area (Å²) in [5, 5.41) is 10.9. The Bertz CT molecular complexity index is 422. The van der Waals surface area contributed by atoms with Crippen molar-refractivity contribution in [3.05, 3.63) is 30.1 Å². The van der Waals surface area contributed by atoms with E-state index in [-0.39, 0.29) is 0 Å². The maximum absolute atomic E-state index is 4.63. The smallest absolute Gasteiger partial charge is 0.121 e. The zero-order valence-corrected chi connectivity index (χ0v) is 9.42. The summed E-state index contributed by atoms with van der Waals surface area (Å²) in [6.07, 6.45) is 5.53. The summed E-state index contributed by atoms with van der Waals surface area (Å²) in [7, 11) is 0. The highest BCUT2D eigenvalue weighted by atomic mass is 16.6. The van der Waals surface area contributed by atoms with E-state index in [2.05, 4.69) is 32.2 Å². The first-order chi connectivity index (χ1) is 7.75. The molecule has 6 heteroatoms. The van der Waals surface area contributed by atoms with Crippen LogP contribution in [0.15, 0.2) is 23.4 Å². The summed E-state index contributed by atoms with van der Waals surface area (Å²) >= 11 is 0. The second kappa shape index (κ2) is 4.89. The van der Waals surface area contributed by atoms with E-state index in [4.69, 9.17) is 0 Å². The summed E-state index contributed by atoms with van der Waals surface area (Å²) in [5.41, 5.74) is 1.69. The maximum atomic E-state index is 4.63. The van der Waals surface area contributed by atoms with Crippen molar-refractivity contribution in [2.24, 2.45) is 0 Å². The number of nitrogens with one attached hydrogen (secondary N) is 1. The Morgan fingerprint density at radius 3 is 3.00 bits per heavy atom. The van der Waals surface area contributed by atoms with E-state index in [1.54, 1.807) is 12.5 Å². The standard InChI is InChI=1S/C10H15N5O/c1-8(6-15-4-3-11-7-15)12-5-10-9(2)13-16-14-10/h3-4,7-8,12H,5-6H2,1-2H3. The van der Waals surface area contributed by atoms with Gasteiger partial charge in [0.1, 0.15) is 11.4 Å². The van der Waals surface area contributed by atoms with Gasteiger partial charge < -0.3 is 9.88 Å². The van der Waals surface area contributed by atoms with Gasteiger partial charge in [-0.1, -0.05) is 10.3 Å². The normalized spacial score (nSPS) is 12.9. The Morgan fingerprint density at radius 2 is 2.38 bits per heavy atom. The van der Waals surface area contributed by atoms with Crippen LogP contribution >= 0.6 is 0 Å². The van der Waals surface area contributed by atoms with Gasteiger partial charge in [-0.3, -0.25) is 0 Å². The molecule has 6 nitrogen and oxygen atoms in total. The minimum Gasteiger partial charge on any atom is -0.336 e. The second-order valence-electron chi connectivity index (χ2n) is 3.84. The Balaban J connectivity index is 1.80. The van der Waals surface area contributed by atoms with E-state index < -0.39 is 0 Å². The second-order valence-corrected chi connectivity index (χ2v) is 3.84. The molecule has 0 radical (unpaired) electrons. The Labute approximate surface area is 93.6 Å². The molecule has 0 aliphatic heterocycles. The molecule has 2 rings (SSSR count). The average Bonchev–Trinajstić information content (AvgIpc) is 2.87. The monoisotopic (exact) mass is 221 g/mol. The predicted molar refractivity (Wildman–Crippen MR) is 57.6 cm³/mol. The van der Waals surface area contributed by atoms with Crippen LogP contribution in [0.3, 0.4) is 0 Å². The van der Waals surface area contributed by atoms with Gasteiger partial charge in [0.05, 0.1) is 6.33 Å². The van der Waals surface area contributed by atoms with Gasteiger partial charge in [-0.25, -0.2) is 9.61 Å². The summed E-state index contributed by atoms with van der Waals surface area (Å²) in [6, 6.07) is 0.338. The van der Waals surface area contributed by atoms with E-state index in [1.807, 2.05) is 17.7 Å². The van der Waals surface area contributed by atoms with Crippen molar-refractivity contribution < 1.29 is 4.63 Å². The van der Waals surface area contributed by atoms with Crippen molar-refractivity contribution in [2.75, 3.05) is 0 Å². The fourth-order valence-electron chi connectivity index (χ4n) is 1.46. The van der Waals surface area contributed by atoms with Crippen molar-refractivity contribution in [2.45, 2.75) is 33.0 Å². The first kappa shape index (κ1) is 10.8. The number of imidazole rings is 1. The van der Waals surface area contributed by atoms with Crippen LogP contribution < -0.4 is 5.32 Å². The van der Waals surface area contributed by atoms with Crippen LogP contribution in [0.25, 0.3) is 0 Å². The van der Waals surface area contributed by atoms with Gasteiger partial charge in [-0.2, -0.15) is 0 Å². The molecule has 1 atom stereocenters. The third-order valence-corrected chi connectivity index (χ3v) is 2.41. The van der Waals surface area contributed by atoms with Crippen LogP contribution in [0, 0.1) is 6.92 Å². The van der Waals surface area contributed by atoms with Crippen LogP contribution in [-0.4, -0.2) is 25.9 Å². The molecule has 0 fully saturated rings. The lowest BCUT2D eigenvalue weighted by molar-refractivity contribution is 0.299. The molecular formula is C10H15N5O. The van der Waals surface area contributed by atoms with Crippen molar-refractivity contribution in [1.82, 2.24) is 25.2 Å². The molecule has 2 aromatic rings. The molecule has 0 aromatic carbocycles. The number of rotatable bonds is 5. The van der Waals surface area contributed by atoms with Crippen LogP contribution in [0.4, 0.5) is 0 Å². The molecule has 86 valence electrons. The molecule has 1 unspecified atom stereocenters. The highest BCUT2D eigenvalue weighted by molar-refractivity contribution is 5.03. The molecule has 2 heterocycles. The number of nitrogens with zero attached hydrogens (tertiary/aromatic N) is 4. The van der Waals surface area contributed by atoms with E-state index in [0.29, 0.717) is 12.6 Å². The molecule has 0 spiro atoms. The first-order valence-corrected chi connectivity index (χ1v) is 5.23.